The van der Waals surface area contributed by atoms with Crippen LogP contribution in [0.1, 0.15) is 16.1 Å². The van der Waals surface area contributed by atoms with Crippen molar-refractivity contribution in [1.82, 2.24) is 18.8 Å². The van der Waals surface area contributed by atoms with Gasteiger partial charge in [0, 0.05) is 55.2 Å². The molecule has 1 fully saturated rings. The van der Waals surface area contributed by atoms with Gasteiger partial charge in [-0.15, -0.1) is 0 Å². The molecule has 1 aliphatic heterocycles. The summed E-state index contributed by atoms with van der Waals surface area (Å²) >= 11 is 0. The van der Waals surface area contributed by atoms with E-state index in [1.165, 1.54) is 4.31 Å². The molecule has 0 bridgehead atoms. The van der Waals surface area contributed by atoms with Crippen LogP contribution in [0.15, 0.2) is 96.0 Å². The molecular formula is C33H32N4O5S. The fraction of sp³-hybridized carbons (Fsp3) is 0.212. The van der Waals surface area contributed by atoms with Crippen LogP contribution in [0.3, 0.4) is 0 Å². The fourth-order valence-electron chi connectivity index (χ4n) is 5.61. The number of piperazine rings is 1. The molecule has 1 aliphatic rings. The zero-order chi connectivity index (χ0) is 30.1. The standard InChI is InChI=1S/C33H32N4O5S/c1-23-29(22-30(24-12-14-27(41-2)15-13-24)37(23)26-9-5-10-28(21-26)42-3)33(38)35-17-19-36(20-18-35)43(39,40)31-11-4-7-25-8-6-16-34-32(25)31/h4-16,21-22H,17-20H2,1-3H3. The third-order valence-electron chi connectivity index (χ3n) is 7.91. The number of benzene rings is 3. The Labute approximate surface area is 251 Å². The molecule has 2 aromatic heterocycles. The summed E-state index contributed by atoms with van der Waals surface area (Å²) in [5.41, 5.74) is 4.42. The number of hydrogen-bond donors (Lipinski definition) is 0. The number of amides is 1. The first-order valence-electron chi connectivity index (χ1n) is 14.0. The number of fused-ring (bicyclic) bond motifs is 1. The summed E-state index contributed by atoms with van der Waals surface area (Å²) in [5, 5.41) is 0.765. The average Bonchev–Trinajstić information content (AvgIpc) is 3.40. The second-order valence-electron chi connectivity index (χ2n) is 10.3. The number of pyridine rings is 1. The Morgan fingerprint density at radius 1 is 0.814 bits per heavy atom. The van der Waals surface area contributed by atoms with E-state index in [4.69, 9.17) is 9.47 Å². The first-order chi connectivity index (χ1) is 20.8. The molecule has 3 heterocycles. The largest absolute Gasteiger partial charge is 0.497 e. The average molecular weight is 597 g/mol. The highest BCUT2D eigenvalue weighted by atomic mass is 32.2. The molecule has 0 spiro atoms. The second-order valence-corrected chi connectivity index (χ2v) is 12.2. The number of ether oxygens (including phenoxy) is 2. The summed E-state index contributed by atoms with van der Waals surface area (Å²) in [4.78, 5) is 20.2. The lowest BCUT2D eigenvalue weighted by atomic mass is 10.1. The van der Waals surface area contributed by atoms with Crippen LogP contribution in [0.2, 0.25) is 0 Å². The summed E-state index contributed by atoms with van der Waals surface area (Å²) < 4.78 is 41.5. The third-order valence-corrected chi connectivity index (χ3v) is 9.84. The monoisotopic (exact) mass is 596 g/mol. The summed E-state index contributed by atoms with van der Waals surface area (Å²) in [5.74, 6) is 1.30. The number of nitrogens with zero attached hydrogens (tertiary/aromatic N) is 4. The molecule has 0 atom stereocenters. The molecule has 43 heavy (non-hydrogen) atoms. The van der Waals surface area contributed by atoms with Crippen molar-refractivity contribution in [1.29, 1.82) is 0 Å². The van der Waals surface area contributed by atoms with Crippen LogP contribution in [0, 0.1) is 6.92 Å². The van der Waals surface area contributed by atoms with Gasteiger partial charge in [-0.2, -0.15) is 4.31 Å². The lowest BCUT2D eigenvalue weighted by Gasteiger charge is -2.34. The number of hydrogen-bond acceptors (Lipinski definition) is 6. The van der Waals surface area contributed by atoms with E-state index in [0.717, 1.165) is 33.8 Å². The Kier molecular flexibility index (Phi) is 7.64. The molecular weight excluding hydrogens is 564 g/mol. The summed E-state index contributed by atoms with van der Waals surface area (Å²) in [6, 6.07) is 26.1. The highest BCUT2D eigenvalue weighted by Gasteiger charge is 2.33. The van der Waals surface area contributed by atoms with Gasteiger partial charge in [0.25, 0.3) is 5.91 Å². The Morgan fingerprint density at radius 2 is 1.51 bits per heavy atom. The van der Waals surface area contributed by atoms with E-state index in [1.54, 1.807) is 43.5 Å². The van der Waals surface area contributed by atoms with Crippen molar-refractivity contribution in [3.63, 3.8) is 0 Å². The van der Waals surface area contributed by atoms with Gasteiger partial charge < -0.3 is 18.9 Å². The van der Waals surface area contributed by atoms with Gasteiger partial charge in [-0.3, -0.25) is 9.78 Å². The number of sulfonamides is 1. The van der Waals surface area contributed by atoms with Crippen LogP contribution in [-0.4, -0.2) is 73.5 Å². The quantitative estimate of drug-likeness (QED) is 0.258. The van der Waals surface area contributed by atoms with Crippen molar-refractivity contribution in [2.75, 3.05) is 40.4 Å². The van der Waals surface area contributed by atoms with Gasteiger partial charge in [0.2, 0.25) is 10.0 Å². The number of carbonyl (C=O) groups excluding carboxylic acids is 1. The minimum absolute atomic E-state index is 0.141. The molecule has 9 nitrogen and oxygen atoms in total. The van der Waals surface area contributed by atoms with Gasteiger partial charge in [-0.1, -0.05) is 24.3 Å². The van der Waals surface area contributed by atoms with Crippen LogP contribution >= 0.6 is 0 Å². The first-order valence-corrected chi connectivity index (χ1v) is 15.4. The Hall–Kier alpha value is -4.67. The maximum Gasteiger partial charge on any atom is 0.255 e. The van der Waals surface area contributed by atoms with Crippen molar-refractivity contribution < 1.29 is 22.7 Å². The molecule has 0 saturated carbocycles. The van der Waals surface area contributed by atoms with Crippen molar-refractivity contribution in [2.45, 2.75) is 11.8 Å². The molecule has 1 saturated heterocycles. The highest BCUT2D eigenvalue weighted by Crippen LogP contribution is 2.33. The van der Waals surface area contributed by atoms with E-state index in [-0.39, 0.29) is 37.0 Å². The van der Waals surface area contributed by atoms with Crippen LogP contribution in [-0.2, 0) is 10.0 Å². The fourth-order valence-corrected chi connectivity index (χ4v) is 7.19. The second kappa shape index (κ2) is 11.5. The van der Waals surface area contributed by atoms with Crippen molar-refractivity contribution >= 4 is 26.8 Å². The minimum Gasteiger partial charge on any atom is -0.497 e. The van der Waals surface area contributed by atoms with Gasteiger partial charge in [0.1, 0.15) is 16.4 Å². The molecule has 6 rings (SSSR count). The summed E-state index contributed by atoms with van der Waals surface area (Å²) in [7, 11) is -0.545. The maximum absolute atomic E-state index is 14.0. The van der Waals surface area contributed by atoms with E-state index in [2.05, 4.69) is 4.98 Å². The molecule has 5 aromatic rings. The molecule has 0 aliphatic carbocycles. The van der Waals surface area contributed by atoms with Gasteiger partial charge >= 0.3 is 0 Å². The van der Waals surface area contributed by atoms with Crippen LogP contribution in [0.25, 0.3) is 27.8 Å². The summed E-state index contributed by atoms with van der Waals surface area (Å²) in [6.45, 7) is 2.86. The van der Waals surface area contributed by atoms with Crippen LogP contribution in [0.5, 0.6) is 11.5 Å². The molecule has 0 N–H and O–H groups in total. The zero-order valence-corrected chi connectivity index (χ0v) is 25.0. The lowest BCUT2D eigenvalue weighted by molar-refractivity contribution is 0.0697. The van der Waals surface area contributed by atoms with Gasteiger partial charge in [-0.05, 0) is 67.1 Å². The predicted octanol–water partition coefficient (Wildman–Crippen LogP) is 5.16. The number of carbonyl (C=O) groups is 1. The Balaban J connectivity index is 1.30. The molecule has 0 radical (unpaired) electrons. The third kappa shape index (κ3) is 5.24. The number of para-hydroxylation sites is 1. The van der Waals surface area contributed by atoms with E-state index in [9.17, 15) is 13.2 Å². The van der Waals surface area contributed by atoms with Gasteiger partial charge in [0.05, 0.1) is 31.0 Å². The van der Waals surface area contributed by atoms with E-state index < -0.39 is 10.0 Å². The molecule has 1 amide bonds. The van der Waals surface area contributed by atoms with Crippen molar-refractivity contribution in [2.24, 2.45) is 0 Å². The highest BCUT2D eigenvalue weighted by molar-refractivity contribution is 7.89. The first kappa shape index (κ1) is 28.4. The number of methoxy groups -OCH3 is 2. The van der Waals surface area contributed by atoms with Crippen LogP contribution < -0.4 is 9.47 Å². The Bertz CT molecular complexity index is 1900. The van der Waals surface area contributed by atoms with E-state index in [0.29, 0.717) is 16.8 Å². The molecule has 0 unspecified atom stereocenters. The predicted molar refractivity (Wildman–Crippen MR) is 165 cm³/mol. The zero-order valence-electron chi connectivity index (χ0n) is 24.2. The van der Waals surface area contributed by atoms with E-state index >= 15 is 0 Å². The van der Waals surface area contributed by atoms with E-state index in [1.807, 2.05) is 78.2 Å². The molecule has 10 heteroatoms. The minimum atomic E-state index is -3.79. The van der Waals surface area contributed by atoms with Crippen molar-refractivity contribution in [3.05, 3.63) is 102 Å². The topological polar surface area (TPSA) is 94.0 Å². The molecule has 3 aromatic carbocycles. The maximum atomic E-state index is 14.0. The van der Waals surface area contributed by atoms with Crippen LogP contribution in [0.4, 0.5) is 0 Å². The lowest BCUT2D eigenvalue weighted by Crippen LogP contribution is -2.50. The smallest absolute Gasteiger partial charge is 0.255 e. The van der Waals surface area contributed by atoms with Gasteiger partial charge in [-0.25, -0.2) is 8.42 Å². The van der Waals surface area contributed by atoms with Crippen molar-refractivity contribution in [3.8, 4) is 28.4 Å². The summed E-state index contributed by atoms with van der Waals surface area (Å²) in [6.07, 6.45) is 1.60. The number of rotatable bonds is 7. The normalized spacial score (nSPS) is 14.2. The Morgan fingerprint density at radius 3 is 2.23 bits per heavy atom. The van der Waals surface area contributed by atoms with Gasteiger partial charge in [0.15, 0.2) is 0 Å². The SMILES string of the molecule is COc1ccc(-c2cc(C(=O)N3CCN(S(=O)(=O)c4cccc5cccnc45)CC3)c(C)n2-c2cccc(OC)c2)cc1. The molecule has 220 valence electrons. The number of aromatic nitrogens is 2.